The molecule has 0 spiro atoms. The maximum Gasteiger partial charge on any atom is 0.243 e. The molecule has 9 heteroatoms. The van der Waals surface area contributed by atoms with Crippen LogP contribution in [-0.2, 0) is 19.6 Å². The molecule has 1 aromatic heterocycles. The van der Waals surface area contributed by atoms with Gasteiger partial charge in [-0.1, -0.05) is 18.2 Å². The first-order valence-corrected chi connectivity index (χ1v) is 13.6. The molecule has 1 unspecified atom stereocenters. The molecule has 2 saturated heterocycles. The van der Waals surface area contributed by atoms with E-state index in [0.29, 0.717) is 32.3 Å². The second-order valence-corrected chi connectivity index (χ2v) is 11.4. The molecule has 1 amide bonds. The Morgan fingerprint density at radius 1 is 1.11 bits per heavy atom. The Balaban J connectivity index is 1.50. The zero-order valence-electron chi connectivity index (χ0n) is 20.2. The molecule has 0 radical (unpaired) electrons. The Hall–Kier alpha value is -2.88. The van der Waals surface area contributed by atoms with Crippen molar-refractivity contribution in [3.05, 3.63) is 48.5 Å². The fraction of sp³-hybridized carbons (Fsp3) is 0.423. The van der Waals surface area contributed by atoms with Crippen LogP contribution in [0.25, 0.3) is 22.2 Å². The predicted octanol–water partition coefficient (Wildman–Crippen LogP) is 3.30. The minimum Gasteiger partial charge on any atom is -0.378 e. The molecule has 2 fully saturated rings. The van der Waals surface area contributed by atoms with E-state index in [1.807, 2.05) is 30.3 Å². The molecule has 186 valence electrons. The zero-order chi connectivity index (χ0) is 24.6. The molecule has 2 aliphatic rings. The first-order valence-electron chi connectivity index (χ1n) is 12.2. The third kappa shape index (κ3) is 4.68. The third-order valence-electron chi connectivity index (χ3n) is 7.08. The van der Waals surface area contributed by atoms with E-state index in [9.17, 15) is 13.2 Å². The van der Waals surface area contributed by atoms with E-state index in [0.717, 1.165) is 51.5 Å². The number of hydrogen-bond donors (Lipinski definition) is 1. The van der Waals surface area contributed by atoms with E-state index in [2.05, 4.69) is 22.9 Å². The van der Waals surface area contributed by atoms with Gasteiger partial charge in [0.25, 0.3) is 0 Å². The Morgan fingerprint density at radius 3 is 2.60 bits per heavy atom. The SMILES string of the molecule is CC1CCCN1c1ccc(S(=O)(=O)N(C)CC(=O)N2CCOCC2)cc1-c1cc2ccccc2[nH]1. The molecule has 0 aliphatic carbocycles. The number of H-pyrrole nitrogens is 1. The van der Waals surface area contributed by atoms with Crippen LogP contribution in [0.15, 0.2) is 53.4 Å². The number of carbonyl (C=O) groups is 1. The van der Waals surface area contributed by atoms with Gasteiger partial charge in [-0.3, -0.25) is 4.79 Å². The number of fused-ring (bicyclic) bond motifs is 1. The topological polar surface area (TPSA) is 86.0 Å². The molecular weight excluding hydrogens is 464 g/mol. The van der Waals surface area contributed by atoms with Gasteiger partial charge in [0.05, 0.1) is 24.7 Å². The van der Waals surface area contributed by atoms with E-state index in [1.165, 1.54) is 7.05 Å². The second kappa shape index (κ2) is 9.64. The Morgan fingerprint density at radius 2 is 1.89 bits per heavy atom. The summed E-state index contributed by atoms with van der Waals surface area (Å²) >= 11 is 0. The number of ether oxygens (including phenoxy) is 1. The van der Waals surface area contributed by atoms with Crippen LogP contribution in [-0.4, -0.2) is 81.0 Å². The summed E-state index contributed by atoms with van der Waals surface area (Å²) < 4.78 is 33.5. The van der Waals surface area contributed by atoms with Crippen LogP contribution in [0.5, 0.6) is 0 Å². The van der Waals surface area contributed by atoms with Crippen molar-refractivity contribution < 1.29 is 17.9 Å². The number of amides is 1. The number of rotatable bonds is 6. The maximum absolute atomic E-state index is 13.5. The number of nitrogens with one attached hydrogen (secondary N) is 1. The summed E-state index contributed by atoms with van der Waals surface area (Å²) in [5.74, 6) is -0.210. The van der Waals surface area contributed by atoms with Crippen LogP contribution in [0.4, 0.5) is 5.69 Å². The minimum atomic E-state index is -3.86. The summed E-state index contributed by atoms with van der Waals surface area (Å²) in [6.45, 7) is 4.87. The van der Waals surface area contributed by atoms with Gasteiger partial charge in [0.15, 0.2) is 0 Å². The standard InChI is InChI=1S/C26H32N4O4S/c1-19-6-5-11-30(19)25-10-9-21(17-22(25)24-16-20-7-3-4-8-23(20)27-24)35(32,33)28(2)18-26(31)29-12-14-34-15-13-29/h3-4,7-10,16-17,19,27H,5-6,11-15,18H2,1-2H3. The zero-order valence-corrected chi connectivity index (χ0v) is 21.1. The van der Waals surface area contributed by atoms with Crippen LogP contribution in [0.3, 0.4) is 0 Å². The number of morpholine rings is 1. The fourth-order valence-electron chi connectivity index (χ4n) is 5.02. The second-order valence-electron chi connectivity index (χ2n) is 9.39. The van der Waals surface area contributed by atoms with Crippen LogP contribution in [0.2, 0.25) is 0 Å². The van der Waals surface area contributed by atoms with Crippen LogP contribution >= 0.6 is 0 Å². The summed E-state index contributed by atoms with van der Waals surface area (Å²) in [5.41, 5.74) is 3.75. The lowest BCUT2D eigenvalue weighted by atomic mass is 10.1. The van der Waals surface area contributed by atoms with Crippen molar-refractivity contribution in [2.45, 2.75) is 30.7 Å². The van der Waals surface area contributed by atoms with Crippen LogP contribution in [0, 0.1) is 0 Å². The molecule has 2 aromatic carbocycles. The summed E-state index contributed by atoms with van der Waals surface area (Å²) in [7, 11) is -2.40. The fourth-order valence-corrected chi connectivity index (χ4v) is 6.17. The Kier molecular flexibility index (Phi) is 6.57. The average Bonchev–Trinajstić information content (AvgIpc) is 3.50. The minimum absolute atomic E-state index is 0.180. The summed E-state index contributed by atoms with van der Waals surface area (Å²) in [4.78, 5) is 20.3. The normalized spacial score (nSPS) is 19.1. The summed E-state index contributed by atoms with van der Waals surface area (Å²) in [5, 5.41) is 1.07. The van der Waals surface area contributed by atoms with Crippen molar-refractivity contribution in [3.8, 4) is 11.3 Å². The van der Waals surface area contributed by atoms with E-state index >= 15 is 0 Å². The average molecular weight is 497 g/mol. The predicted molar refractivity (Wildman–Crippen MR) is 137 cm³/mol. The van der Waals surface area contributed by atoms with Crippen molar-refractivity contribution in [1.82, 2.24) is 14.2 Å². The number of benzene rings is 2. The van der Waals surface area contributed by atoms with Gasteiger partial charge in [0.1, 0.15) is 0 Å². The molecule has 0 saturated carbocycles. The molecule has 1 N–H and O–H groups in total. The quantitative estimate of drug-likeness (QED) is 0.566. The monoisotopic (exact) mass is 496 g/mol. The number of sulfonamides is 1. The highest BCUT2D eigenvalue weighted by Crippen LogP contribution is 2.38. The highest BCUT2D eigenvalue weighted by atomic mass is 32.2. The van der Waals surface area contributed by atoms with Gasteiger partial charge >= 0.3 is 0 Å². The molecule has 1 atom stereocenters. The summed E-state index contributed by atoms with van der Waals surface area (Å²) in [6.07, 6.45) is 2.22. The van der Waals surface area contributed by atoms with E-state index in [1.54, 1.807) is 17.0 Å². The molecular formula is C26H32N4O4S. The lowest BCUT2D eigenvalue weighted by Gasteiger charge is -2.29. The Labute approximate surface area is 206 Å². The van der Waals surface area contributed by atoms with Gasteiger partial charge in [0, 0.05) is 60.6 Å². The molecule has 5 rings (SSSR count). The van der Waals surface area contributed by atoms with Crippen molar-refractivity contribution in [3.63, 3.8) is 0 Å². The van der Waals surface area contributed by atoms with Gasteiger partial charge in [0.2, 0.25) is 15.9 Å². The number of likely N-dealkylation sites (N-methyl/N-ethyl adjacent to an activating group) is 1. The largest absolute Gasteiger partial charge is 0.378 e. The molecule has 3 heterocycles. The number of para-hydroxylation sites is 1. The van der Waals surface area contributed by atoms with Crippen molar-refractivity contribution in [2.24, 2.45) is 0 Å². The van der Waals surface area contributed by atoms with Crippen molar-refractivity contribution in [2.75, 3.05) is 51.3 Å². The smallest absolute Gasteiger partial charge is 0.243 e. The number of hydrogen-bond acceptors (Lipinski definition) is 5. The molecule has 35 heavy (non-hydrogen) atoms. The van der Waals surface area contributed by atoms with Gasteiger partial charge in [-0.05, 0) is 50.1 Å². The van der Waals surface area contributed by atoms with Crippen LogP contribution in [0.1, 0.15) is 19.8 Å². The first-order chi connectivity index (χ1) is 16.8. The number of nitrogens with zero attached hydrogens (tertiary/aromatic N) is 3. The van der Waals surface area contributed by atoms with Crippen LogP contribution < -0.4 is 4.90 Å². The van der Waals surface area contributed by atoms with Gasteiger partial charge in [-0.15, -0.1) is 0 Å². The molecule has 3 aromatic rings. The van der Waals surface area contributed by atoms with Crippen molar-refractivity contribution in [1.29, 1.82) is 0 Å². The Bertz CT molecular complexity index is 1300. The van der Waals surface area contributed by atoms with Gasteiger partial charge in [-0.2, -0.15) is 4.31 Å². The number of anilines is 1. The first kappa shape index (κ1) is 23.8. The highest BCUT2D eigenvalue weighted by molar-refractivity contribution is 7.89. The van der Waals surface area contributed by atoms with Gasteiger partial charge < -0.3 is 19.5 Å². The molecule has 2 aliphatic heterocycles. The lowest BCUT2D eigenvalue weighted by Crippen LogP contribution is -2.46. The van der Waals surface area contributed by atoms with Gasteiger partial charge in [-0.25, -0.2) is 8.42 Å². The molecule has 8 nitrogen and oxygen atoms in total. The number of carbonyl (C=O) groups excluding carboxylic acids is 1. The number of aromatic amines is 1. The van der Waals surface area contributed by atoms with E-state index < -0.39 is 10.0 Å². The third-order valence-corrected chi connectivity index (χ3v) is 8.88. The van der Waals surface area contributed by atoms with E-state index in [4.69, 9.17) is 4.74 Å². The van der Waals surface area contributed by atoms with Crippen molar-refractivity contribution >= 4 is 32.5 Å². The lowest BCUT2D eigenvalue weighted by molar-refractivity contribution is -0.135. The number of aromatic nitrogens is 1. The summed E-state index contributed by atoms with van der Waals surface area (Å²) in [6, 6.07) is 15.8. The highest BCUT2D eigenvalue weighted by Gasteiger charge is 2.29. The maximum atomic E-state index is 13.5. The molecule has 0 bridgehead atoms. The van der Waals surface area contributed by atoms with E-state index in [-0.39, 0.29) is 17.3 Å².